The smallest absolute Gasteiger partial charge is 0.259 e. The second-order valence-electron chi connectivity index (χ2n) is 5.33. The number of imidazole rings is 1. The highest BCUT2D eigenvalue weighted by Gasteiger charge is 2.27. The molecule has 0 aliphatic carbocycles. The average Bonchev–Trinajstić information content (AvgIpc) is 2.95. The van der Waals surface area contributed by atoms with E-state index in [1.807, 2.05) is 13.0 Å². The first kappa shape index (κ1) is 12.3. The topological polar surface area (TPSA) is 76.0 Å². The Morgan fingerprint density at radius 3 is 2.86 bits per heavy atom. The highest BCUT2D eigenvalue weighted by atomic mass is 16.2. The molecule has 0 bridgehead atoms. The molecule has 6 nitrogen and oxygen atoms in total. The third kappa shape index (κ3) is 1.72. The number of aryl methyl sites for hydroxylation is 1. The molecule has 0 radical (unpaired) electrons. The number of rotatable bonds is 1. The maximum Gasteiger partial charge on any atom is 0.259 e. The van der Waals surface area contributed by atoms with Crippen molar-refractivity contribution in [3.8, 4) is 5.69 Å². The van der Waals surface area contributed by atoms with Crippen LogP contribution in [0.15, 0.2) is 18.2 Å². The summed E-state index contributed by atoms with van der Waals surface area (Å²) in [5.74, 6) is 0.244. The summed E-state index contributed by atoms with van der Waals surface area (Å²) in [6.45, 7) is 3.64. The van der Waals surface area contributed by atoms with E-state index in [1.54, 1.807) is 12.1 Å². The van der Waals surface area contributed by atoms with Gasteiger partial charge in [0.05, 0.1) is 16.8 Å². The van der Waals surface area contributed by atoms with Gasteiger partial charge in [-0.1, -0.05) is 0 Å². The van der Waals surface area contributed by atoms with Crippen LogP contribution in [0.25, 0.3) is 5.69 Å². The molecular formula is C15H14N4O2. The molecule has 0 atom stereocenters. The number of hydrogen-bond acceptors (Lipinski definition) is 4. The van der Waals surface area contributed by atoms with E-state index in [4.69, 9.17) is 0 Å². The molecule has 2 N–H and O–H groups in total. The average molecular weight is 282 g/mol. The molecule has 0 spiro atoms. The van der Waals surface area contributed by atoms with Gasteiger partial charge in [0.2, 0.25) is 0 Å². The Bertz CT molecular complexity index is 791. The fourth-order valence-electron chi connectivity index (χ4n) is 3.08. The van der Waals surface area contributed by atoms with Crippen molar-refractivity contribution in [3.63, 3.8) is 0 Å². The normalized spacial score (nSPS) is 16.6. The second-order valence-corrected chi connectivity index (χ2v) is 5.33. The van der Waals surface area contributed by atoms with Crippen molar-refractivity contribution in [3.05, 3.63) is 46.5 Å². The van der Waals surface area contributed by atoms with Crippen LogP contribution in [0.1, 0.15) is 37.9 Å². The molecule has 6 heteroatoms. The van der Waals surface area contributed by atoms with Gasteiger partial charge in [0, 0.05) is 30.9 Å². The van der Waals surface area contributed by atoms with Gasteiger partial charge in [-0.25, -0.2) is 4.98 Å². The van der Waals surface area contributed by atoms with Crippen molar-refractivity contribution in [2.75, 3.05) is 6.54 Å². The van der Waals surface area contributed by atoms with Crippen molar-refractivity contribution in [2.24, 2.45) is 0 Å². The molecule has 0 saturated heterocycles. The number of nitrogens with one attached hydrogen (secondary N) is 2. The zero-order valence-electron chi connectivity index (χ0n) is 11.6. The molecule has 3 heterocycles. The van der Waals surface area contributed by atoms with Gasteiger partial charge in [-0.2, -0.15) is 0 Å². The van der Waals surface area contributed by atoms with Crippen LogP contribution >= 0.6 is 0 Å². The third-order valence-electron chi connectivity index (χ3n) is 4.03. The summed E-state index contributed by atoms with van der Waals surface area (Å²) in [7, 11) is 0. The lowest BCUT2D eigenvalue weighted by molar-refractivity contribution is 0.0879. The quantitative estimate of drug-likeness (QED) is 0.755. The van der Waals surface area contributed by atoms with Crippen LogP contribution in [-0.2, 0) is 13.0 Å². The highest BCUT2D eigenvalue weighted by molar-refractivity contribution is 6.21. The molecule has 2 aromatic rings. The number of carbonyl (C=O) groups excluding carboxylic acids is 2. The first-order valence-electron chi connectivity index (χ1n) is 6.93. The largest absolute Gasteiger partial charge is 0.311 e. The van der Waals surface area contributed by atoms with E-state index in [-0.39, 0.29) is 11.8 Å². The monoisotopic (exact) mass is 282 g/mol. The number of nitrogens with zero attached hydrogens (tertiary/aromatic N) is 2. The van der Waals surface area contributed by atoms with Crippen molar-refractivity contribution in [2.45, 2.75) is 19.9 Å². The van der Waals surface area contributed by atoms with Crippen molar-refractivity contribution >= 4 is 11.8 Å². The summed E-state index contributed by atoms with van der Waals surface area (Å²) in [6.07, 6.45) is 0.901. The van der Waals surface area contributed by atoms with Crippen LogP contribution in [0.2, 0.25) is 0 Å². The Morgan fingerprint density at radius 1 is 1.19 bits per heavy atom. The maximum atomic E-state index is 11.8. The number of aromatic nitrogens is 2. The van der Waals surface area contributed by atoms with E-state index in [0.29, 0.717) is 11.1 Å². The van der Waals surface area contributed by atoms with E-state index >= 15 is 0 Å². The summed E-state index contributed by atoms with van der Waals surface area (Å²) in [4.78, 5) is 28.0. The molecule has 21 heavy (non-hydrogen) atoms. The Morgan fingerprint density at radius 2 is 2.00 bits per heavy atom. The zero-order chi connectivity index (χ0) is 14.6. The van der Waals surface area contributed by atoms with Crippen LogP contribution in [-0.4, -0.2) is 27.9 Å². The molecule has 2 aliphatic rings. The van der Waals surface area contributed by atoms with Gasteiger partial charge in [0.25, 0.3) is 11.8 Å². The Kier molecular flexibility index (Phi) is 2.49. The van der Waals surface area contributed by atoms with Gasteiger partial charge in [-0.15, -0.1) is 0 Å². The molecule has 106 valence electrons. The van der Waals surface area contributed by atoms with Crippen molar-refractivity contribution in [1.82, 2.24) is 20.2 Å². The number of amides is 2. The standard InChI is InChI=1S/C15H14N4O2/c1-8-17-12-7-16-5-4-13(12)19(8)9-2-3-10-11(6-9)15(21)18-14(10)20/h2-3,6,16H,4-5,7H2,1H3,(H,18,20,21). The first-order valence-corrected chi connectivity index (χ1v) is 6.93. The Hall–Kier alpha value is -2.47. The molecule has 0 unspecified atom stereocenters. The predicted molar refractivity (Wildman–Crippen MR) is 75.5 cm³/mol. The lowest BCUT2D eigenvalue weighted by atomic mass is 10.1. The zero-order valence-corrected chi connectivity index (χ0v) is 11.6. The van der Waals surface area contributed by atoms with Gasteiger partial charge in [0.1, 0.15) is 5.82 Å². The summed E-state index contributed by atoms with van der Waals surface area (Å²) in [5, 5.41) is 5.62. The van der Waals surface area contributed by atoms with E-state index < -0.39 is 0 Å². The lowest BCUT2D eigenvalue weighted by Gasteiger charge is -2.16. The van der Waals surface area contributed by atoms with E-state index in [1.165, 1.54) is 5.69 Å². The van der Waals surface area contributed by atoms with Gasteiger partial charge in [-0.05, 0) is 25.1 Å². The molecule has 0 saturated carbocycles. The van der Waals surface area contributed by atoms with Crippen LogP contribution in [0, 0.1) is 6.92 Å². The molecular weight excluding hydrogens is 268 g/mol. The maximum absolute atomic E-state index is 11.8. The van der Waals surface area contributed by atoms with E-state index in [9.17, 15) is 9.59 Å². The van der Waals surface area contributed by atoms with Gasteiger partial charge in [0.15, 0.2) is 0 Å². The molecule has 0 fully saturated rings. The molecule has 4 rings (SSSR count). The summed E-state index contributed by atoms with van der Waals surface area (Å²) in [5.41, 5.74) is 3.99. The summed E-state index contributed by atoms with van der Waals surface area (Å²) >= 11 is 0. The van der Waals surface area contributed by atoms with Crippen molar-refractivity contribution < 1.29 is 9.59 Å². The van der Waals surface area contributed by atoms with Crippen LogP contribution < -0.4 is 10.6 Å². The number of fused-ring (bicyclic) bond motifs is 2. The molecule has 2 aliphatic heterocycles. The van der Waals surface area contributed by atoms with Crippen LogP contribution in [0.3, 0.4) is 0 Å². The highest BCUT2D eigenvalue weighted by Crippen LogP contribution is 2.24. The fraction of sp³-hybridized carbons (Fsp3) is 0.267. The van der Waals surface area contributed by atoms with Crippen LogP contribution in [0.5, 0.6) is 0 Å². The van der Waals surface area contributed by atoms with Gasteiger partial charge >= 0.3 is 0 Å². The van der Waals surface area contributed by atoms with Crippen molar-refractivity contribution in [1.29, 1.82) is 0 Å². The predicted octanol–water partition coefficient (Wildman–Crippen LogP) is 0.710. The molecule has 2 amide bonds. The minimum absolute atomic E-state index is 0.324. The first-order chi connectivity index (χ1) is 10.1. The number of hydrogen-bond donors (Lipinski definition) is 2. The second kappa shape index (κ2) is 4.26. The summed E-state index contributed by atoms with van der Waals surface area (Å²) in [6, 6.07) is 5.35. The lowest BCUT2D eigenvalue weighted by Crippen LogP contribution is -2.24. The molecule has 1 aromatic heterocycles. The Labute approximate surface area is 121 Å². The summed E-state index contributed by atoms with van der Waals surface area (Å²) < 4.78 is 2.08. The number of imide groups is 1. The number of benzene rings is 1. The molecule has 1 aromatic carbocycles. The van der Waals surface area contributed by atoms with Crippen LogP contribution in [0.4, 0.5) is 0 Å². The third-order valence-corrected chi connectivity index (χ3v) is 4.03. The Balaban J connectivity index is 1.89. The van der Waals surface area contributed by atoms with Gasteiger partial charge < -0.3 is 9.88 Å². The number of carbonyl (C=O) groups is 2. The van der Waals surface area contributed by atoms with E-state index in [0.717, 1.165) is 36.7 Å². The minimum Gasteiger partial charge on any atom is -0.311 e. The van der Waals surface area contributed by atoms with E-state index in [2.05, 4.69) is 20.2 Å². The van der Waals surface area contributed by atoms with Gasteiger partial charge in [-0.3, -0.25) is 14.9 Å². The SMILES string of the molecule is Cc1nc2c(n1-c1ccc3c(c1)C(=O)NC3=O)CCNC2. The fourth-order valence-corrected chi connectivity index (χ4v) is 3.08. The minimum atomic E-state index is -0.329.